The van der Waals surface area contributed by atoms with Crippen molar-refractivity contribution in [2.45, 2.75) is 12.2 Å². The van der Waals surface area contributed by atoms with E-state index in [2.05, 4.69) is 15.6 Å². The van der Waals surface area contributed by atoms with E-state index >= 15 is 0 Å². The number of carbonyl (C=O) groups excluding carboxylic acids is 2. The molecule has 2 amide bonds. The number of rotatable bonds is 8. The third-order valence-corrected chi connectivity index (χ3v) is 5.46. The first-order chi connectivity index (χ1) is 14.0. The summed E-state index contributed by atoms with van der Waals surface area (Å²) in [5.74, 6) is -0.389. The van der Waals surface area contributed by atoms with E-state index in [9.17, 15) is 18.4 Å². The Morgan fingerprint density at radius 1 is 0.931 bits per heavy atom. The Morgan fingerprint density at radius 2 is 1.59 bits per heavy atom. The molecule has 0 radical (unpaired) electrons. The van der Waals surface area contributed by atoms with Gasteiger partial charge in [0, 0.05) is 16.8 Å². The van der Waals surface area contributed by atoms with Crippen LogP contribution in [0.3, 0.4) is 0 Å². The smallest absolute Gasteiger partial charge is 0.234 e. The number of benzene rings is 2. The third-order valence-electron chi connectivity index (χ3n) is 3.69. The molecule has 3 rings (SSSR count). The molecule has 150 valence electrons. The van der Waals surface area contributed by atoms with E-state index in [4.69, 9.17) is 0 Å². The number of thiazole rings is 1. The molecule has 0 saturated heterocycles. The molecule has 9 heteroatoms. The fourth-order valence-electron chi connectivity index (χ4n) is 2.36. The number of amides is 2. The molecule has 1 aromatic heterocycles. The maximum absolute atomic E-state index is 12.9. The quantitative estimate of drug-likeness (QED) is 0.550. The number of halogens is 2. The second-order valence-electron chi connectivity index (χ2n) is 6.04. The number of nitrogens with one attached hydrogen (secondary N) is 2. The largest absolute Gasteiger partial charge is 0.325 e. The number of thioether (sulfide) groups is 1. The highest BCUT2D eigenvalue weighted by Gasteiger charge is 2.09. The lowest BCUT2D eigenvalue weighted by Crippen LogP contribution is -2.14. The Morgan fingerprint density at radius 3 is 2.28 bits per heavy atom. The Balaban J connectivity index is 1.40. The van der Waals surface area contributed by atoms with Crippen LogP contribution in [0.2, 0.25) is 0 Å². The van der Waals surface area contributed by atoms with Crippen LogP contribution in [0, 0.1) is 11.6 Å². The van der Waals surface area contributed by atoms with E-state index in [0.29, 0.717) is 22.1 Å². The maximum Gasteiger partial charge on any atom is 0.234 e. The summed E-state index contributed by atoms with van der Waals surface area (Å²) in [5, 5.41) is 7.70. The van der Waals surface area contributed by atoms with E-state index in [1.54, 1.807) is 12.1 Å². The lowest BCUT2D eigenvalue weighted by atomic mass is 10.1. The Hall–Kier alpha value is -2.78. The summed E-state index contributed by atoms with van der Waals surface area (Å²) in [7, 11) is 0. The summed E-state index contributed by atoms with van der Waals surface area (Å²) in [6.07, 6.45) is 0.132. The fourth-order valence-corrected chi connectivity index (χ4v) is 3.91. The van der Waals surface area contributed by atoms with Gasteiger partial charge in [-0.1, -0.05) is 12.1 Å². The van der Waals surface area contributed by atoms with Crippen LogP contribution in [0.4, 0.5) is 19.6 Å². The summed E-state index contributed by atoms with van der Waals surface area (Å²) < 4.78 is 25.8. The summed E-state index contributed by atoms with van der Waals surface area (Å²) >= 11 is 2.68. The lowest BCUT2D eigenvalue weighted by Gasteiger charge is -2.04. The first kappa shape index (κ1) is 20.9. The first-order valence-corrected chi connectivity index (χ1v) is 10.6. The topological polar surface area (TPSA) is 71.1 Å². The Labute approximate surface area is 174 Å². The van der Waals surface area contributed by atoms with Gasteiger partial charge in [0.05, 0.1) is 17.9 Å². The summed E-state index contributed by atoms with van der Waals surface area (Å²) in [6.45, 7) is 0. The molecule has 0 fully saturated rings. The zero-order chi connectivity index (χ0) is 20.6. The summed E-state index contributed by atoms with van der Waals surface area (Å²) in [6, 6.07) is 11.3. The van der Waals surface area contributed by atoms with Crippen molar-refractivity contribution in [3.63, 3.8) is 0 Å². The van der Waals surface area contributed by atoms with Crippen molar-refractivity contribution in [1.82, 2.24) is 4.98 Å². The van der Waals surface area contributed by atoms with Crippen LogP contribution in [0.1, 0.15) is 11.3 Å². The minimum Gasteiger partial charge on any atom is -0.325 e. The molecule has 3 aromatic rings. The van der Waals surface area contributed by atoms with Crippen LogP contribution < -0.4 is 10.6 Å². The lowest BCUT2D eigenvalue weighted by molar-refractivity contribution is -0.115. The molecule has 0 unspecified atom stereocenters. The van der Waals surface area contributed by atoms with E-state index in [1.807, 2.05) is 5.38 Å². The molecule has 0 saturated carbocycles. The monoisotopic (exact) mass is 433 g/mol. The van der Waals surface area contributed by atoms with Gasteiger partial charge in [0.2, 0.25) is 11.8 Å². The number of hydrogen-bond donors (Lipinski definition) is 2. The molecule has 1 heterocycles. The number of aromatic nitrogens is 1. The van der Waals surface area contributed by atoms with Gasteiger partial charge in [0.1, 0.15) is 11.6 Å². The second-order valence-corrected chi connectivity index (χ2v) is 7.89. The zero-order valence-corrected chi connectivity index (χ0v) is 16.8. The highest BCUT2D eigenvalue weighted by Crippen LogP contribution is 2.20. The summed E-state index contributed by atoms with van der Waals surface area (Å²) in [5.41, 5.74) is 2.01. The van der Waals surface area contributed by atoms with Crippen LogP contribution >= 0.6 is 23.1 Å². The predicted octanol–water partition coefficient (Wildman–Crippen LogP) is 4.47. The van der Waals surface area contributed by atoms with Gasteiger partial charge < -0.3 is 10.6 Å². The Kier molecular flexibility index (Phi) is 7.31. The molecule has 0 aliphatic rings. The minimum atomic E-state index is -0.360. The number of carbonyl (C=O) groups is 2. The zero-order valence-electron chi connectivity index (χ0n) is 15.2. The van der Waals surface area contributed by atoms with Gasteiger partial charge in [0.15, 0.2) is 5.13 Å². The van der Waals surface area contributed by atoms with Crippen molar-refractivity contribution < 1.29 is 18.4 Å². The van der Waals surface area contributed by atoms with Crippen molar-refractivity contribution >= 4 is 45.7 Å². The van der Waals surface area contributed by atoms with Crippen LogP contribution in [-0.4, -0.2) is 22.6 Å². The SMILES string of the molecule is O=C(CSCc1csc(NC(=O)Cc2ccc(F)cc2)n1)Nc1ccc(F)cc1. The summed E-state index contributed by atoms with van der Waals surface area (Å²) in [4.78, 5) is 28.3. The van der Waals surface area contributed by atoms with Gasteiger partial charge in [0.25, 0.3) is 0 Å². The van der Waals surface area contributed by atoms with Crippen LogP contribution in [0.5, 0.6) is 0 Å². The van der Waals surface area contributed by atoms with Gasteiger partial charge in [-0.25, -0.2) is 13.8 Å². The first-order valence-electron chi connectivity index (χ1n) is 8.60. The van der Waals surface area contributed by atoms with Crippen molar-refractivity contribution in [2.24, 2.45) is 0 Å². The number of anilines is 2. The van der Waals surface area contributed by atoms with Crippen LogP contribution in [0.15, 0.2) is 53.9 Å². The standard InChI is InChI=1S/C20H17F2N3O2S2/c21-14-3-1-13(2-4-14)9-18(26)25-20-24-17(11-29-20)10-28-12-19(27)23-16-7-5-15(22)6-8-16/h1-8,11H,9-10,12H2,(H,23,27)(H,24,25,26). The molecule has 0 bridgehead atoms. The molecule has 2 N–H and O–H groups in total. The van der Waals surface area contributed by atoms with Crippen molar-refractivity contribution in [3.8, 4) is 0 Å². The predicted molar refractivity (Wildman–Crippen MR) is 112 cm³/mol. The molecular weight excluding hydrogens is 416 g/mol. The molecule has 0 spiro atoms. The van der Waals surface area contributed by atoms with Crippen molar-refractivity contribution in [1.29, 1.82) is 0 Å². The number of hydrogen-bond acceptors (Lipinski definition) is 5. The van der Waals surface area contributed by atoms with E-state index in [-0.39, 0.29) is 35.6 Å². The maximum atomic E-state index is 12.9. The van der Waals surface area contributed by atoms with Crippen molar-refractivity contribution in [3.05, 3.63) is 76.8 Å². The minimum absolute atomic E-state index is 0.132. The van der Waals surface area contributed by atoms with Crippen LogP contribution in [0.25, 0.3) is 0 Å². The van der Waals surface area contributed by atoms with E-state index < -0.39 is 0 Å². The van der Waals surface area contributed by atoms with E-state index in [0.717, 1.165) is 5.69 Å². The van der Waals surface area contributed by atoms with Crippen LogP contribution in [-0.2, 0) is 21.8 Å². The van der Waals surface area contributed by atoms with Gasteiger partial charge in [-0.05, 0) is 42.0 Å². The molecule has 0 atom stereocenters. The van der Waals surface area contributed by atoms with Crippen molar-refractivity contribution in [2.75, 3.05) is 16.4 Å². The second kappa shape index (κ2) is 10.1. The average Bonchev–Trinajstić information content (AvgIpc) is 3.12. The van der Waals surface area contributed by atoms with Gasteiger partial charge in [-0.2, -0.15) is 0 Å². The average molecular weight is 434 g/mol. The molecule has 0 aliphatic heterocycles. The highest BCUT2D eigenvalue weighted by atomic mass is 32.2. The van der Waals surface area contributed by atoms with Gasteiger partial charge >= 0.3 is 0 Å². The Bertz CT molecular complexity index is 976. The molecular formula is C20H17F2N3O2S2. The van der Waals surface area contributed by atoms with Gasteiger partial charge in [-0.3, -0.25) is 9.59 Å². The third kappa shape index (κ3) is 6.95. The molecule has 0 aliphatic carbocycles. The molecule has 2 aromatic carbocycles. The molecule has 29 heavy (non-hydrogen) atoms. The normalized spacial score (nSPS) is 10.6. The van der Waals surface area contributed by atoms with Gasteiger partial charge in [-0.15, -0.1) is 23.1 Å². The fraction of sp³-hybridized carbons (Fsp3) is 0.150. The van der Waals surface area contributed by atoms with E-state index in [1.165, 1.54) is 59.5 Å². The number of nitrogens with zero attached hydrogens (tertiary/aromatic N) is 1. The molecule has 5 nitrogen and oxygen atoms in total. The highest BCUT2D eigenvalue weighted by molar-refractivity contribution is 7.99.